The third-order valence-corrected chi connectivity index (χ3v) is 5.21. The van der Waals surface area contributed by atoms with Gasteiger partial charge in [-0.3, -0.25) is 4.79 Å². The minimum atomic E-state index is 0.00493. The van der Waals surface area contributed by atoms with Crippen LogP contribution in [0.3, 0.4) is 0 Å². The Morgan fingerprint density at radius 3 is 2.88 bits per heavy atom. The van der Waals surface area contributed by atoms with Gasteiger partial charge in [0, 0.05) is 12.6 Å². The Kier molecular flexibility index (Phi) is 5.77. The van der Waals surface area contributed by atoms with Crippen molar-refractivity contribution in [3.63, 3.8) is 0 Å². The van der Waals surface area contributed by atoms with E-state index >= 15 is 0 Å². The van der Waals surface area contributed by atoms with E-state index in [-0.39, 0.29) is 11.9 Å². The van der Waals surface area contributed by atoms with Crippen LogP contribution in [0.15, 0.2) is 6.07 Å². The number of carbonyl (C=O) groups is 1. The van der Waals surface area contributed by atoms with Gasteiger partial charge in [-0.1, -0.05) is 18.3 Å². The summed E-state index contributed by atoms with van der Waals surface area (Å²) in [6, 6.07) is 1.93. The maximum Gasteiger partial charge on any atom is 0.237 e. The average Bonchev–Trinajstić information content (AvgIpc) is 3.22. The van der Waals surface area contributed by atoms with E-state index in [4.69, 9.17) is 0 Å². The Morgan fingerprint density at radius 2 is 2.19 bits per heavy atom. The summed E-state index contributed by atoms with van der Waals surface area (Å²) < 4.78 is 0. The fraction of sp³-hybridized carbons (Fsp3) is 0.588. The number of rotatable bonds is 6. The maximum atomic E-state index is 12.5. The number of likely N-dealkylation sites (N-methyl/N-ethyl adjacent to an activating group) is 1. The van der Waals surface area contributed by atoms with E-state index < -0.39 is 0 Å². The Morgan fingerprint density at radius 1 is 1.38 bits per heavy atom. The van der Waals surface area contributed by atoms with Crippen molar-refractivity contribution in [3.05, 3.63) is 22.6 Å². The molecule has 0 aliphatic carbocycles. The molecular formula is C17H25N7OS. The Hall–Kier alpha value is -2.13. The molecule has 26 heavy (non-hydrogen) atoms. The summed E-state index contributed by atoms with van der Waals surface area (Å²) in [4.78, 5) is 25.4. The molecule has 0 radical (unpaired) electrons. The summed E-state index contributed by atoms with van der Waals surface area (Å²) >= 11 is 1.52. The molecule has 0 spiro atoms. The summed E-state index contributed by atoms with van der Waals surface area (Å²) in [5, 5.41) is 13.2. The quantitative estimate of drug-likeness (QED) is 0.828. The van der Waals surface area contributed by atoms with Crippen molar-refractivity contribution in [2.75, 3.05) is 32.5 Å². The van der Waals surface area contributed by atoms with E-state index in [1.165, 1.54) is 11.3 Å². The lowest BCUT2D eigenvalue weighted by molar-refractivity contribution is -0.132. The molecule has 2 aromatic heterocycles. The SMILES string of the molecule is CCc1nnc(Nc2cc([C@H]3CCCN3C(=O)CN(C)C)nc(C)n2)s1. The molecule has 1 fully saturated rings. The fourth-order valence-electron chi connectivity index (χ4n) is 3.12. The van der Waals surface area contributed by atoms with Gasteiger partial charge in [0.25, 0.3) is 0 Å². The molecule has 1 amide bonds. The van der Waals surface area contributed by atoms with E-state index in [2.05, 4.69) is 32.4 Å². The number of amides is 1. The lowest BCUT2D eigenvalue weighted by Crippen LogP contribution is -2.37. The second kappa shape index (κ2) is 8.05. The molecule has 1 aliphatic rings. The normalized spacial score (nSPS) is 17.1. The topological polar surface area (TPSA) is 87.1 Å². The van der Waals surface area contributed by atoms with Crippen molar-refractivity contribution in [3.8, 4) is 0 Å². The number of aryl methyl sites for hydroxylation is 2. The van der Waals surface area contributed by atoms with Gasteiger partial charge in [0.05, 0.1) is 18.3 Å². The molecule has 0 unspecified atom stereocenters. The smallest absolute Gasteiger partial charge is 0.237 e. The lowest BCUT2D eigenvalue weighted by Gasteiger charge is -2.26. The van der Waals surface area contributed by atoms with Crippen LogP contribution >= 0.6 is 11.3 Å². The number of nitrogens with one attached hydrogen (secondary N) is 1. The molecule has 1 N–H and O–H groups in total. The lowest BCUT2D eigenvalue weighted by atomic mass is 10.1. The highest BCUT2D eigenvalue weighted by molar-refractivity contribution is 7.15. The molecule has 9 heteroatoms. The van der Waals surface area contributed by atoms with Gasteiger partial charge >= 0.3 is 0 Å². The van der Waals surface area contributed by atoms with E-state index in [0.717, 1.165) is 41.6 Å². The minimum Gasteiger partial charge on any atom is -0.333 e. The van der Waals surface area contributed by atoms with Crippen LogP contribution in [0.1, 0.15) is 42.3 Å². The van der Waals surface area contributed by atoms with Gasteiger partial charge in [-0.25, -0.2) is 9.97 Å². The zero-order chi connectivity index (χ0) is 18.7. The second-order valence-corrected chi connectivity index (χ2v) is 7.75. The molecule has 140 valence electrons. The summed E-state index contributed by atoms with van der Waals surface area (Å²) in [6.07, 6.45) is 2.78. The van der Waals surface area contributed by atoms with Crippen molar-refractivity contribution >= 4 is 28.2 Å². The summed E-state index contributed by atoms with van der Waals surface area (Å²) in [6.45, 7) is 5.11. The number of anilines is 2. The highest BCUT2D eigenvalue weighted by Crippen LogP contribution is 2.32. The number of aromatic nitrogens is 4. The molecule has 8 nitrogen and oxygen atoms in total. The molecule has 2 aromatic rings. The number of hydrogen-bond acceptors (Lipinski definition) is 8. The van der Waals surface area contributed by atoms with E-state index in [1.54, 1.807) is 0 Å². The standard InChI is InChI=1S/C17H25N7OS/c1-5-15-21-22-17(26-15)20-14-9-12(18-11(2)19-14)13-7-6-8-24(13)16(25)10-23(3)4/h9,13H,5-8,10H2,1-4H3,(H,18,19,20,22)/t13-/m1/s1. The van der Waals surface area contributed by atoms with Gasteiger partial charge in [0.15, 0.2) is 0 Å². The first-order valence-corrected chi connectivity index (χ1v) is 9.67. The third-order valence-electron chi connectivity index (χ3n) is 4.23. The molecule has 0 saturated carbocycles. The van der Waals surface area contributed by atoms with Gasteiger partial charge in [-0.15, -0.1) is 10.2 Å². The summed E-state index contributed by atoms with van der Waals surface area (Å²) in [5.41, 5.74) is 0.879. The second-order valence-electron chi connectivity index (χ2n) is 6.69. The van der Waals surface area contributed by atoms with Gasteiger partial charge in [-0.2, -0.15) is 0 Å². The monoisotopic (exact) mass is 375 g/mol. The molecule has 3 heterocycles. The Labute approximate surface area is 157 Å². The minimum absolute atomic E-state index is 0.00493. The van der Waals surface area contributed by atoms with Gasteiger partial charge in [0.1, 0.15) is 16.6 Å². The molecule has 0 bridgehead atoms. The first kappa shape index (κ1) is 18.7. The van der Waals surface area contributed by atoms with Crippen LogP contribution in [0, 0.1) is 6.92 Å². The van der Waals surface area contributed by atoms with E-state index in [0.29, 0.717) is 18.2 Å². The van der Waals surface area contributed by atoms with Crippen LogP contribution in [0.25, 0.3) is 0 Å². The van der Waals surface area contributed by atoms with Gasteiger partial charge in [-0.05, 0) is 40.3 Å². The number of likely N-dealkylation sites (tertiary alicyclic amines) is 1. The van der Waals surface area contributed by atoms with E-state index in [1.807, 2.05) is 36.9 Å². The molecule has 3 rings (SSSR count). The van der Waals surface area contributed by atoms with Crippen LogP contribution in [0.2, 0.25) is 0 Å². The van der Waals surface area contributed by atoms with Crippen LogP contribution in [-0.2, 0) is 11.2 Å². The molecule has 1 aliphatic heterocycles. The number of hydrogen-bond donors (Lipinski definition) is 1. The summed E-state index contributed by atoms with van der Waals surface area (Å²) in [5.74, 6) is 1.51. The van der Waals surface area contributed by atoms with Gasteiger partial charge in [0.2, 0.25) is 11.0 Å². The van der Waals surface area contributed by atoms with Crippen molar-refractivity contribution in [1.82, 2.24) is 30.0 Å². The molecule has 1 saturated heterocycles. The van der Waals surface area contributed by atoms with Crippen molar-refractivity contribution in [1.29, 1.82) is 0 Å². The predicted octanol–water partition coefficient (Wildman–Crippen LogP) is 2.17. The average molecular weight is 376 g/mol. The van der Waals surface area contributed by atoms with Crippen molar-refractivity contribution in [2.45, 2.75) is 39.2 Å². The molecule has 1 atom stereocenters. The van der Waals surface area contributed by atoms with Crippen LogP contribution in [0.4, 0.5) is 10.9 Å². The highest BCUT2D eigenvalue weighted by atomic mass is 32.1. The Balaban J connectivity index is 1.81. The van der Waals surface area contributed by atoms with Crippen molar-refractivity contribution in [2.24, 2.45) is 0 Å². The molecular weight excluding hydrogens is 350 g/mol. The number of carbonyl (C=O) groups excluding carboxylic acids is 1. The fourth-order valence-corrected chi connectivity index (χ4v) is 3.80. The summed E-state index contributed by atoms with van der Waals surface area (Å²) in [7, 11) is 3.82. The van der Waals surface area contributed by atoms with Crippen LogP contribution in [-0.4, -0.2) is 63.1 Å². The first-order chi connectivity index (χ1) is 12.5. The molecule has 0 aromatic carbocycles. The highest BCUT2D eigenvalue weighted by Gasteiger charge is 2.31. The predicted molar refractivity (Wildman–Crippen MR) is 102 cm³/mol. The first-order valence-electron chi connectivity index (χ1n) is 8.85. The van der Waals surface area contributed by atoms with Crippen LogP contribution < -0.4 is 5.32 Å². The van der Waals surface area contributed by atoms with Crippen LogP contribution in [0.5, 0.6) is 0 Å². The van der Waals surface area contributed by atoms with Gasteiger partial charge < -0.3 is 15.1 Å². The van der Waals surface area contributed by atoms with E-state index in [9.17, 15) is 4.79 Å². The maximum absolute atomic E-state index is 12.5. The third kappa shape index (κ3) is 4.34. The zero-order valence-electron chi connectivity index (χ0n) is 15.7. The Bertz CT molecular complexity index is 776. The zero-order valence-corrected chi connectivity index (χ0v) is 16.5. The van der Waals surface area contributed by atoms with Crippen molar-refractivity contribution < 1.29 is 4.79 Å². The largest absolute Gasteiger partial charge is 0.333 e. The number of nitrogens with zero attached hydrogens (tertiary/aromatic N) is 6.